The monoisotopic (exact) mass is 480 g/mol. The summed E-state index contributed by atoms with van der Waals surface area (Å²) >= 11 is 0. The van der Waals surface area contributed by atoms with Gasteiger partial charge in [0.05, 0.1) is 24.4 Å². The number of carbonyl (C=O) groups excluding carboxylic acids is 4. The van der Waals surface area contributed by atoms with E-state index in [0.717, 1.165) is 5.69 Å². The van der Waals surface area contributed by atoms with E-state index in [-0.39, 0.29) is 42.0 Å². The zero-order valence-corrected chi connectivity index (χ0v) is 20.6. The summed E-state index contributed by atoms with van der Waals surface area (Å²) in [5.41, 5.74) is 1.81. The fourth-order valence-electron chi connectivity index (χ4n) is 4.94. The van der Waals surface area contributed by atoms with Gasteiger partial charge in [0.15, 0.2) is 5.78 Å². The summed E-state index contributed by atoms with van der Waals surface area (Å²) in [5.74, 6) is -0.902. The van der Waals surface area contributed by atoms with E-state index in [4.69, 9.17) is 4.42 Å². The Bertz CT molecular complexity index is 1090. The average molecular weight is 481 g/mol. The minimum absolute atomic E-state index is 0.0391. The van der Waals surface area contributed by atoms with Crippen LogP contribution in [0.25, 0.3) is 0 Å². The third-order valence-electron chi connectivity index (χ3n) is 6.69. The molecule has 0 unspecified atom stereocenters. The molecule has 1 aromatic heterocycles. The molecule has 3 atom stereocenters. The Hall–Kier alpha value is -3.62. The molecule has 35 heavy (non-hydrogen) atoms. The summed E-state index contributed by atoms with van der Waals surface area (Å²) in [4.78, 5) is 57.4. The smallest absolute Gasteiger partial charge is 0.257 e. The lowest BCUT2D eigenvalue weighted by atomic mass is 10.0. The number of furan rings is 1. The van der Waals surface area contributed by atoms with Gasteiger partial charge in [0, 0.05) is 31.9 Å². The van der Waals surface area contributed by atoms with Crippen molar-refractivity contribution in [2.75, 3.05) is 32.1 Å². The van der Waals surface area contributed by atoms with Crippen LogP contribution in [0.4, 0.5) is 5.69 Å². The van der Waals surface area contributed by atoms with Crippen LogP contribution in [0.2, 0.25) is 0 Å². The topological polar surface area (TPSA) is 103 Å². The lowest BCUT2D eigenvalue weighted by Gasteiger charge is -2.29. The first kappa shape index (κ1) is 24.5. The van der Waals surface area contributed by atoms with Gasteiger partial charge in [-0.2, -0.15) is 0 Å². The predicted molar refractivity (Wildman–Crippen MR) is 130 cm³/mol. The molecule has 0 saturated carbocycles. The Balaban J connectivity index is 1.49. The zero-order chi connectivity index (χ0) is 25.3. The van der Waals surface area contributed by atoms with E-state index >= 15 is 0 Å². The molecule has 9 nitrogen and oxygen atoms in total. The molecule has 1 N–H and O–H groups in total. The van der Waals surface area contributed by atoms with Gasteiger partial charge in [-0.15, -0.1) is 0 Å². The lowest BCUT2D eigenvalue weighted by molar-refractivity contribution is -0.138. The third kappa shape index (κ3) is 4.94. The number of rotatable bonds is 7. The summed E-state index contributed by atoms with van der Waals surface area (Å²) in [6.07, 6.45) is 3.73. The van der Waals surface area contributed by atoms with Crippen LogP contribution in [0.1, 0.15) is 47.4 Å². The molecule has 2 aliphatic rings. The number of nitrogens with one attached hydrogen (secondary N) is 1. The minimum Gasteiger partial charge on any atom is -0.472 e. The van der Waals surface area contributed by atoms with Crippen LogP contribution in [-0.2, 0) is 9.59 Å². The maximum absolute atomic E-state index is 13.6. The van der Waals surface area contributed by atoms with Crippen LogP contribution in [0.5, 0.6) is 0 Å². The summed E-state index contributed by atoms with van der Waals surface area (Å²) in [7, 11) is 3.84. The first-order valence-corrected chi connectivity index (χ1v) is 11.9. The summed E-state index contributed by atoms with van der Waals surface area (Å²) in [6.45, 7) is 4.29. The Morgan fingerprint density at radius 1 is 1.09 bits per heavy atom. The van der Waals surface area contributed by atoms with Gasteiger partial charge in [-0.3, -0.25) is 19.2 Å². The van der Waals surface area contributed by atoms with Crippen molar-refractivity contribution in [2.45, 2.75) is 44.8 Å². The quantitative estimate of drug-likeness (QED) is 0.652. The van der Waals surface area contributed by atoms with Crippen molar-refractivity contribution in [1.82, 2.24) is 15.1 Å². The van der Waals surface area contributed by atoms with Gasteiger partial charge in [0.2, 0.25) is 5.91 Å². The molecule has 2 aromatic rings. The van der Waals surface area contributed by atoms with Crippen molar-refractivity contribution >= 4 is 29.2 Å². The molecule has 0 aliphatic carbocycles. The van der Waals surface area contributed by atoms with Gasteiger partial charge in [0.1, 0.15) is 18.3 Å². The molecule has 2 saturated heterocycles. The fraction of sp³-hybridized carbons (Fsp3) is 0.462. The Kier molecular flexibility index (Phi) is 6.95. The van der Waals surface area contributed by atoms with E-state index in [9.17, 15) is 19.2 Å². The van der Waals surface area contributed by atoms with Crippen molar-refractivity contribution in [3.8, 4) is 0 Å². The summed E-state index contributed by atoms with van der Waals surface area (Å²) < 4.78 is 5.01. The minimum atomic E-state index is -0.763. The fourth-order valence-corrected chi connectivity index (χ4v) is 4.94. The van der Waals surface area contributed by atoms with Crippen molar-refractivity contribution in [1.29, 1.82) is 0 Å². The molecule has 186 valence electrons. The average Bonchev–Trinajstić information content (AvgIpc) is 3.56. The number of hydrogen-bond donors (Lipinski definition) is 1. The standard InChI is InChI=1S/C26H32N4O5/c1-16(2)13-20(27-24(32)17-5-7-19(8-6-17)28(3)4)26(34)29-11-9-21-23(29)22(31)14-30(21)25(33)18-10-12-35-15-18/h5-8,10,12,15-16,20-21,23H,9,11,13-14H2,1-4H3,(H,27,32)/t20-,21+,23-/m0/s1. The van der Waals surface area contributed by atoms with Crippen molar-refractivity contribution < 1.29 is 23.6 Å². The normalized spacial score (nSPS) is 20.2. The van der Waals surface area contributed by atoms with E-state index < -0.39 is 12.1 Å². The van der Waals surface area contributed by atoms with E-state index in [1.165, 1.54) is 17.4 Å². The van der Waals surface area contributed by atoms with Crippen LogP contribution in [0, 0.1) is 5.92 Å². The van der Waals surface area contributed by atoms with E-state index in [2.05, 4.69) is 5.32 Å². The number of amides is 3. The van der Waals surface area contributed by atoms with Crippen molar-refractivity contribution in [3.63, 3.8) is 0 Å². The van der Waals surface area contributed by atoms with Gasteiger partial charge in [-0.25, -0.2) is 0 Å². The number of anilines is 1. The van der Waals surface area contributed by atoms with Gasteiger partial charge < -0.3 is 24.4 Å². The van der Waals surface area contributed by atoms with E-state index in [1.54, 1.807) is 23.1 Å². The molecule has 0 radical (unpaired) electrons. The number of likely N-dealkylation sites (tertiary alicyclic amines) is 2. The predicted octanol–water partition coefficient (Wildman–Crippen LogP) is 2.18. The number of ketones is 1. The maximum atomic E-state index is 13.6. The maximum Gasteiger partial charge on any atom is 0.257 e. The highest BCUT2D eigenvalue weighted by Crippen LogP contribution is 2.32. The van der Waals surface area contributed by atoms with Crippen LogP contribution in [0.15, 0.2) is 47.3 Å². The Morgan fingerprint density at radius 3 is 2.40 bits per heavy atom. The second kappa shape index (κ2) is 9.93. The SMILES string of the molecule is CC(C)C[C@H](NC(=O)c1ccc(N(C)C)cc1)C(=O)N1CC[C@@H]2[C@H]1C(=O)CN2C(=O)c1ccoc1. The Morgan fingerprint density at radius 2 is 1.80 bits per heavy atom. The number of carbonyl (C=O) groups is 4. The summed E-state index contributed by atoms with van der Waals surface area (Å²) in [5, 5.41) is 2.89. The van der Waals surface area contributed by atoms with Crippen LogP contribution >= 0.6 is 0 Å². The van der Waals surface area contributed by atoms with Gasteiger partial charge in [-0.1, -0.05) is 13.8 Å². The molecule has 0 spiro atoms. The number of fused-ring (bicyclic) bond motifs is 1. The molecule has 2 fully saturated rings. The summed E-state index contributed by atoms with van der Waals surface area (Å²) in [6, 6.07) is 6.90. The second-order valence-electron chi connectivity index (χ2n) is 9.84. The number of benzene rings is 1. The van der Waals surface area contributed by atoms with Crippen LogP contribution in [-0.4, -0.2) is 78.6 Å². The third-order valence-corrected chi connectivity index (χ3v) is 6.69. The first-order chi connectivity index (χ1) is 16.7. The van der Waals surface area contributed by atoms with Crippen LogP contribution < -0.4 is 10.2 Å². The van der Waals surface area contributed by atoms with Gasteiger partial charge in [0.25, 0.3) is 11.8 Å². The van der Waals surface area contributed by atoms with Gasteiger partial charge >= 0.3 is 0 Å². The van der Waals surface area contributed by atoms with E-state index in [1.807, 2.05) is 45.0 Å². The lowest BCUT2D eigenvalue weighted by Crippen LogP contribution is -2.53. The molecule has 3 heterocycles. The molecule has 4 rings (SSSR count). The molecule has 1 aromatic carbocycles. The molecule has 2 aliphatic heterocycles. The zero-order valence-electron chi connectivity index (χ0n) is 20.6. The highest BCUT2D eigenvalue weighted by Gasteiger charge is 2.52. The molecule has 9 heteroatoms. The molecular formula is C26H32N4O5. The second-order valence-corrected chi connectivity index (χ2v) is 9.84. The molecular weight excluding hydrogens is 448 g/mol. The number of Topliss-reactive ketones (excluding diaryl/α,β-unsaturated/α-hetero) is 1. The van der Waals surface area contributed by atoms with Crippen molar-refractivity contribution in [3.05, 3.63) is 54.0 Å². The van der Waals surface area contributed by atoms with Crippen LogP contribution in [0.3, 0.4) is 0 Å². The molecule has 0 bridgehead atoms. The Labute approximate surface area is 205 Å². The molecule has 3 amide bonds. The van der Waals surface area contributed by atoms with E-state index in [0.29, 0.717) is 30.5 Å². The number of hydrogen-bond acceptors (Lipinski definition) is 6. The van der Waals surface area contributed by atoms with Gasteiger partial charge in [-0.05, 0) is 49.1 Å². The van der Waals surface area contributed by atoms with Crippen molar-refractivity contribution in [2.24, 2.45) is 5.92 Å². The first-order valence-electron chi connectivity index (χ1n) is 11.9. The highest BCUT2D eigenvalue weighted by molar-refractivity contribution is 6.03. The highest BCUT2D eigenvalue weighted by atomic mass is 16.3. The number of nitrogens with zero attached hydrogens (tertiary/aromatic N) is 3. The largest absolute Gasteiger partial charge is 0.472 e.